The fraction of sp³-hybridized carbons (Fsp3) is 0.310. The molecule has 0 aliphatic carbocycles. The molecule has 2 amide bonds. The third-order valence-corrected chi connectivity index (χ3v) is 7.43. The standard InChI is InChI=1S/C29H32Cl2N2O2S/c1-2-3-18-32-29(35)27(20-22-9-5-4-6-10-22)33(21-23-11-7-8-12-26(23)31)28(34)17-19-36-25-15-13-24(30)14-16-25/h4-16,27H,2-3,17-21H2,1H3,(H,32,35)/t27-/m0/s1. The number of nitrogens with one attached hydrogen (secondary N) is 1. The fourth-order valence-corrected chi connectivity index (χ4v) is 4.96. The van der Waals surface area contributed by atoms with Gasteiger partial charge >= 0.3 is 0 Å². The van der Waals surface area contributed by atoms with Gasteiger partial charge in [-0.25, -0.2) is 0 Å². The number of unbranched alkanes of at least 4 members (excludes halogenated alkanes) is 1. The van der Waals surface area contributed by atoms with E-state index in [4.69, 9.17) is 23.2 Å². The number of nitrogens with zero attached hydrogens (tertiary/aromatic N) is 1. The van der Waals surface area contributed by atoms with Gasteiger partial charge in [0.1, 0.15) is 6.04 Å². The zero-order chi connectivity index (χ0) is 25.8. The molecule has 0 aliphatic rings. The maximum absolute atomic E-state index is 13.6. The maximum atomic E-state index is 13.6. The minimum Gasteiger partial charge on any atom is -0.354 e. The molecule has 0 radical (unpaired) electrons. The molecule has 0 aliphatic heterocycles. The number of carbonyl (C=O) groups is 2. The predicted octanol–water partition coefficient (Wildman–Crippen LogP) is 7.03. The highest BCUT2D eigenvalue weighted by Crippen LogP contribution is 2.24. The van der Waals surface area contributed by atoms with Crippen LogP contribution in [0.4, 0.5) is 0 Å². The molecule has 0 saturated heterocycles. The summed E-state index contributed by atoms with van der Waals surface area (Å²) in [5.74, 6) is 0.371. The molecule has 7 heteroatoms. The van der Waals surface area contributed by atoms with Crippen LogP contribution in [0, 0.1) is 0 Å². The van der Waals surface area contributed by atoms with Crippen LogP contribution in [-0.2, 0) is 22.6 Å². The molecule has 36 heavy (non-hydrogen) atoms. The smallest absolute Gasteiger partial charge is 0.243 e. The van der Waals surface area contributed by atoms with E-state index in [1.807, 2.05) is 78.9 Å². The Labute approximate surface area is 228 Å². The van der Waals surface area contributed by atoms with Gasteiger partial charge in [-0.2, -0.15) is 0 Å². The summed E-state index contributed by atoms with van der Waals surface area (Å²) in [6.07, 6.45) is 2.60. The quantitative estimate of drug-likeness (QED) is 0.186. The van der Waals surface area contributed by atoms with Crippen molar-refractivity contribution in [3.05, 3.63) is 100 Å². The Hall–Kier alpha value is -2.47. The molecule has 0 fully saturated rings. The first-order chi connectivity index (χ1) is 17.5. The number of amides is 2. The molecule has 0 saturated carbocycles. The van der Waals surface area contributed by atoms with Crippen molar-refractivity contribution < 1.29 is 9.59 Å². The van der Waals surface area contributed by atoms with Crippen LogP contribution in [-0.4, -0.2) is 35.1 Å². The number of halogens is 2. The predicted molar refractivity (Wildman–Crippen MR) is 151 cm³/mol. The third kappa shape index (κ3) is 8.88. The first-order valence-corrected chi connectivity index (χ1v) is 13.9. The third-order valence-electron chi connectivity index (χ3n) is 5.80. The second kappa shape index (κ2) is 14.9. The molecule has 190 valence electrons. The zero-order valence-electron chi connectivity index (χ0n) is 20.5. The molecular weight excluding hydrogens is 511 g/mol. The van der Waals surface area contributed by atoms with Crippen molar-refractivity contribution in [1.29, 1.82) is 0 Å². The van der Waals surface area contributed by atoms with Crippen LogP contribution < -0.4 is 5.32 Å². The van der Waals surface area contributed by atoms with E-state index >= 15 is 0 Å². The lowest BCUT2D eigenvalue weighted by Crippen LogP contribution is -2.50. The van der Waals surface area contributed by atoms with Gasteiger partial charge in [0.05, 0.1) is 0 Å². The van der Waals surface area contributed by atoms with Gasteiger partial charge in [0, 0.05) is 46.6 Å². The zero-order valence-corrected chi connectivity index (χ0v) is 22.8. The Kier molecular flexibility index (Phi) is 11.7. The van der Waals surface area contributed by atoms with Gasteiger partial charge in [-0.3, -0.25) is 9.59 Å². The molecule has 1 N–H and O–H groups in total. The van der Waals surface area contributed by atoms with E-state index in [1.165, 1.54) is 0 Å². The average molecular weight is 544 g/mol. The van der Waals surface area contributed by atoms with Gasteiger partial charge in [0.25, 0.3) is 0 Å². The highest BCUT2D eigenvalue weighted by atomic mass is 35.5. The SMILES string of the molecule is CCCCNC(=O)[C@H](Cc1ccccc1)N(Cc1ccccc1Cl)C(=O)CCSc1ccc(Cl)cc1. The van der Waals surface area contributed by atoms with E-state index < -0.39 is 6.04 Å². The maximum Gasteiger partial charge on any atom is 0.243 e. The van der Waals surface area contributed by atoms with E-state index in [-0.39, 0.29) is 18.4 Å². The van der Waals surface area contributed by atoms with Crippen LogP contribution in [0.5, 0.6) is 0 Å². The number of hydrogen-bond acceptors (Lipinski definition) is 3. The fourth-order valence-electron chi connectivity index (χ4n) is 3.80. The topological polar surface area (TPSA) is 49.4 Å². The Morgan fingerprint density at radius 1 is 0.944 bits per heavy atom. The molecular formula is C29H32Cl2N2O2S. The van der Waals surface area contributed by atoms with Crippen LogP contribution in [0.3, 0.4) is 0 Å². The molecule has 1 atom stereocenters. The van der Waals surface area contributed by atoms with Gasteiger partial charge in [-0.15, -0.1) is 11.8 Å². The molecule has 4 nitrogen and oxygen atoms in total. The van der Waals surface area contributed by atoms with Crippen LogP contribution in [0.2, 0.25) is 10.0 Å². The summed E-state index contributed by atoms with van der Waals surface area (Å²) in [5, 5.41) is 4.30. The van der Waals surface area contributed by atoms with Crippen LogP contribution in [0.15, 0.2) is 83.8 Å². The molecule has 3 aromatic carbocycles. The summed E-state index contributed by atoms with van der Waals surface area (Å²) < 4.78 is 0. The van der Waals surface area contributed by atoms with Gasteiger partial charge in [0.2, 0.25) is 11.8 Å². The van der Waals surface area contributed by atoms with Crippen LogP contribution in [0.1, 0.15) is 37.3 Å². The Morgan fingerprint density at radius 3 is 2.33 bits per heavy atom. The van der Waals surface area contributed by atoms with E-state index in [1.54, 1.807) is 16.7 Å². The lowest BCUT2D eigenvalue weighted by Gasteiger charge is -2.32. The number of thioether (sulfide) groups is 1. The Morgan fingerprint density at radius 2 is 1.64 bits per heavy atom. The highest BCUT2D eigenvalue weighted by Gasteiger charge is 2.30. The van der Waals surface area contributed by atoms with Crippen molar-refractivity contribution >= 4 is 46.8 Å². The van der Waals surface area contributed by atoms with E-state index in [2.05, 4.69) is 12.2 Å². The van der Waals surface area contributed by atoms with Gasteiger partial charge in [-0.05, 0) is 47.9 Å². The van der Waals surface area contributed by atoms with Crippen LogP contribution in [0.25, 0.3) is 0 Å². The Bertz CT molecular complexity index is 1110. The summed E-state index contributed by atoms with van der Waals surface area (Å²) in [5.41, 5.74) is 1.82. The van der Waals surface area contributed by atoms with Gasteiger partial charge in [0.15, 0.2) is 0 Å². The molecule has 0 bridgehead atoms. The minimum atomic E-state index is -0.645. The van der Waals surface area contributed by atoms with Gasteiger partial charge in [-0.1, -0.05) is 85.1 Å². The summed E-state index contributed by atoms with van der Waals surface area (Å²) in [7, 11) is 0. The molecule has 0 unspecified atom stereocenters. The largest absolute Gasteiger partial charge is 0.354 e. The monoisotopic (exact) mass is 542 g/mol. The van der Waals surface area contributed by atoms with E-state index in [9.17, 15) is 9.59 Å². The molecule has 3 rings (SSSR count). The second-order valence-electron chi connectivity index (χ2n) is 8.52. The number of rotatable bonds is 13. The first kappa shape index (κ1) is 28.1. The number of carbonyl (C=O) groups excluding carboxylic acids is 2. The average Bonchev–Trinajstić information content (AvgIpc) is 2.89. The summed E-state index contributed by atoms with van der Waals surface area (Å²) in [6, 6.07) is 24.2. The minimum absolute atomic E-state index is 0.0806. The first-order valence-electron chi connectivity index (χ1n) is 12.2. The van der Waals surface area contributed by atoms with E-state index in [0.29, 0.717) is 35.2 Å². The molecule has 0 spiro atoms. The van der Waals surface area contributed by atoms with E-state index in [0.717, 1.165) is 28.9 Å². The normalized spacial score (nSPS) is 11.6. The second-order valence-corrected chi connectivity index (χ2v) is 10.5. The van der Waals surface area contributed by atoms with Crippen molar-refractivity contribution in [3.8, 4) is 0 Å². The van der Waals surface area contributed by atoms with Crippen molar-refractivity contribution in [3.63, 3.8) is 0 Å². The van der Waals surface area contributed by atoms with Crippen molar-refractivity contribution in [1.82, 2.24) is 10.2 Å². The highest BCUT2D eigenvalue weighted by molar-refractivity contribution is 7.99. The molecule has 0 heterocycles. The van der Waals surface area contributed by atoms with Gasteiger partial charge < -0.3 is 10.2 Å². The summed E-state index contributed by atoms with van der Waals surface area (Å²) >= 11 is 14.0. The lowest BCUT2D eigenvalue weighted by atomic mass is 10.0. The Balaban J connectivity index is 1.83. The molecule has 3 aromatic rings. The number of benzene rings is 3. The number of hydrogen-bond donors (Lipinski definition) is 1. The van der Waals surface area contributed by atoms with Crippen molar-refractivity contribution in [2.24, 2.45) is 0 Å². The van der Waals surface area contributed by atoms with Crippen molar-refractivity contribution in [2.45, 2.75) is 50.1 Å². The van der Waals surface area contributed by atoms with Crippen molar-refractivity contribution in [2.75, 3.05) is 12.3 Å². The summed E-state index contributed by atoms with van der Waals surface area (Å²) in [4.78, 5) is 29.8. The van der Waals surface area contributed by atoms with Crippen LogP contribution >= 0.6 is 35.0 Å². The lowest BCUT2D eigenvalue weighted by molar-refractivity contribution is -0.141. The molecule has 0 aromatic heterocycles. The summed E-state index contributed by atoms with van der Waals surface area (Å²) in [6.45, 7) is 2.93.